The molecule has 32 heavy (non-hydrogen) atoms. The first-order valence-corrected chi connectivity index (χ1v) is 10.2. The second kappa shape index (κ2) is 7.46. The topological polar surface area (TPSA) is 71.4 Å². The van der Waals surface area contributed by atoms with E-state index in [9.17, 15) is 18.8 Å². The van der Waals surface area contributed by atoms with Gasteiger partial charge in [-0.15, -0.1) is 0 Å². The van der Waals surface area contributed by atoms with Crippen molar-refractivity contribution in [3.63, 3.8) is 0 Å². The normalized spacial score (nSPS) is 15.8. The number of aromatic nitrogens is 1. The first-order valence-electron chi connectivity index (χ1n) is 10.2. The van der Waals surface area contributed by atoms with Gasteiger partial charge in [-0.1, -0.05) is 30.3 Å². The number of imide groups is 2. The molecule has 0 bridgehead atoms. The lowest BCUT2D eigenvalue weighted by molar-refractivity contribution is -0.122. The molecule has 0 saturated carbocycles. The molecule has 1 aliphatic rings. The smallest absolute Gasteiger partial charge is 0.335 e. The quantitative estimate of drug-likeness (QED) is 0.383. The molecule has 7 heteroatoms. The first kappa shape index (κ1) is 19.7. The highest BCUT2D eigenvalue weighted by Crippen LogP contribution is 2.31. The van der Waals surface area contributed by atoms with Gasteiger partial charge in [0.2, 0.25) is 0 Å². The molecule has 0 aliphatic carbocycles. The van der Waals surface area contributed by atoms with Crippen LogP contribution in [0.3, 0.4) is 0 Å². The number of amides is 4. The van der Waals surface area contributed by atoms with Gasteiger partial charge in [0.15, 0.2) is 0 Å². The van der Waals surface area contributed by atoms with E-state index < -0.39 is 23.7 Å². The van der Waals surface area contributed by atoms with Crippen LogP contribution < -0.4 is 10.2 Å². The number of aryl methyl sites for hydroxylation is 1. The molecule has 0 atom stereocenters. The molecular weight excluding hydrogens is 409 g/mol. The van der Waals surface area contributed by atoms with Crippen molar-refractivity contribution in [1.29, 1.82) is 0 Å². The summed E-state index contributed by atoms with van der Waals surface area (Å²) >= 11 is 0. The lowest BCUT2D eigenvalue weighted by atomic mass is 10.0. The third kappa shape index (κ3) is 3.06. The molecule has 0 unspecified atom stereocenters. The maximum Gasteiger partial charge on any atom is 0.335 e. The van der Waals surface area contributed by atoms with E-state index in [1.54, 1.807) is 0 Å². The van der Waals surface area contributed by atoms with Gasteiger partial charge in [-0.2, -0.15) is 0 Å². The summed E-state index contributed by atoms with van der Waals surface area (Å²) in [4.78, 5) is 38.6. The van der Waals surface area contributed by atoms with E-state index in [2.05, 4.69) is 22.9 Å². The van der Waals surface area contributed by atoms with E-state index in [0.717, 1.165) is 39.3 Å². The highest BCUT2D eigenvalue weighted by atomic mass is 19.1. The predicted octanol–water partition coefficient (Wildman–Crippen LogP) is 4.62. The number of nitrogens with one attached hydrogen (secondary N) is 1. The van der Waals surface area contributed by atoms with Crippen LogP contribution in [-0.2, 0) is 16.1 Å². The Morgan fingerprint density at radius 3 is 2.47 bits per heavy atom. The number of benzene rings is 3. The zero-order valence-electron chi connectivity index (χ0n) is 17.1. The fourth-order valence-corrected chi connectivity index (χ4v) is 4.18. The van der Waals surface area contributed by atoms with Gasteiger partial charge in [-0.05, 0) is 55.0 Å². The molecule has 4 aromatic rings. The molecule has 1 saturated heterocycles. The van der Waals surface area contributed by atoms with Crippen LogP contribution in [0.1, 0.15) is 12.5 Å². The van der Waals surface area contributed by atoms with Crippen LogP contribution in [0.15, 0.2) is 72.3 Å². The minimum Gasteiger partial charge on any atom is -0.341 e. The fourth-order valence-electron chi connectivity index (χ4n) is 4.18. The number of barbiturate groups is 1. The summed E-state index contributed by atoms with van der Waals surface area (Å²) in [6.07, 6.45) is 1.45. The van der Waals surface area contributed by atoms with Crippen LogP contribution in [0.5, 0.6) is 0 Å². The monoisotopic (exact) mass is 427 g/mol. The van der Waals surface area contributed by atoms with Crippen LogP contribution in [0.4, 0.5) is 14.9 Å². The Bertz CT molecular complexity index is 1470. The van der Waals surface area contributed by atoms with E-state index in [1.807, 2.05) is 36.4 Å². The van der Waals surface area contributed by atoms with Gasteiger partial charge in [0.25, 0.3) is 11.8 Å². The van der Waals surface area contributed by atoms with Crippen molar-refractivity contribution in [2.45, 2.75) is 13.5 Å². The number of para-hydroxylation sites is 1. The molecule has 158 valence electrons. The number of rotatable bonds is 3. The van der Waals surface area contributed by atoms with Gasteiger partial charge < -0.3 is 4.57 Å². The summed E-state index contributed by atoms with van der Waals surface area (Å²) < 4.78 is 15.8. The van der Waals surface area contributed by atoms with Gasteiger partial charge in [-0.25, -0.2) is 14.1 Å². The van der Waals surface area contributed by atoms with Crippen molar-refractivity contribution in [2.24, 2.45) is 0 Å². The Labute approximate surface area is 182 Å². The first-order chi connectivity index (χ1) is 15.5. The van der Waals surface area contributed by atoms with E-state index in [-0.39, 0.29) is 11.3 Å². The van der Waals surface area contributed by atoms with Gasteiger partial charge in [0.1, 0.15) is 11.4 Å². The number of halogens is 1. The summed E-state index contributed by atoms with van der Waals surface area (Å²) in [7, 11) is 0. The number of hydrogen-bond donors (Lipinski definition) is 1. The largest absolute Gasteiger partial charge is 0.341 e. The van der Waals surface area contributed by atoms with Crippen molar-refractivity contribution in [3.8, 4) is 0 Å². The second-order valence-electron chi connectivity index (χ2n) is 7.48. The van der Waals surface area contributed by atoms with Crippen molar-refractivity contribution in [2.75, 3.05) is 4.90 Å². The highest BCUT2D eigenvalue weighted by molar-refractivity contribution is 6.39. The number of fused-ring (bicyclic) bond motifs is 3. The van der Waals surface area contributed by atoms with Gasteiger partial charge in [-0.3, -0.25) is 14.9 Å². The molecule has 0 spiro atoms. The molecule has 1 aliphatic heterocycles. The number of carbonyl (C=O) groups is 3. The minimum atomic E-state index is -0.913. The Balaban J connectivity index is 1.61. The van der Waals surface area contributed by atoms with Crippen LogP contribution in [-0.4, -0.2) is 22.4 Å². The predicted molar refractivity (Wildman–Crippen MR) is 121 cm³/mol. The third-order valence-electron chi connectivity index (χ3n) is 5.59. The molecule has 1 aromatic heterocycles. The van der Waals surface area contributed by atoms with Gasteiger partial charge >= 0.3 is 6.03 Å². The van der Waals surface area contributed by atoms with E-state index in [0.29, 0.717) is 5.56 Å². The number of nitrogens with zero attached hydrogens (tertiary/aromatic N) is 2. The standard InChI is InChI=1S/C25H18FN3O3/c1-2-28-21-9-4-3-8-18(21)19-12-15(10-11-22(19)28)13-20-23(30)27-25(32)29(24(20)31)17-7-5-6-16(26)14-17/h3-14H,2H2,1H3,(H,27,30,32)/b20-13+. The minimum absolute atomic E-state index is 0.0485. The summed E-state index contributed by atoms with van der Waals surface area (Å²) in [5, 5.41) is 4.23. The van der Waals surface area contributed by atoms with Crippen LogP contribution in [0.25, 0.3) is 27.9 Å². The second-order valence-corrected chi connectivity index (χ2v) is 7.48. The van der Waals surface area contributed by atoms with Crippen LogP contribution >= 0.6 is 0 Å². The summed E-state index contributed by atoms with van der Waals surface area (Å²) in [6, 6.07) is 17.9. The van der Waals surface area contributed by atoms with Crippen LogP contribution in [0.2, 0.25) is 0 Å². The van der Waals surface area contributed by atoms with Crippen molar-refractivity contribution < 1.29 is 18.8 Å². The fraction of sp³-hybridized carbons (Fsp3) is 0.0800. The molecule has 4 amide bonds. The maximum absolute atomic E-state index is 13.7. The van der Waals surface area contributed by atoms with Gasteiger partial charge in [0, 0.05) is 28.4 Å². The molecular formula is C25H18FN3O3. The summed E-state index contributed by atoms with van der Waals surface area (Å²) in [6.45, 7) is 2.88. The third-order valence-corrected chi connectivity index (χ3v) is 5.59. The summed E-state index contributed by atoms with van der Waals surface area (Å²) in [5.41, 5.74) is 2.64. The van der Waals surface area contributed by atoms with Crippen molar-refractivity contribution >= 4 is 51.4 Å². The highest BCUT2D eigenvalue weighted by Gasteiger charge is 2.36. The van der Waals surface area contributed by atoms with E-state index >= 15 is 0 Å². The zero-order chi connectivity index (χ0) is 22.4. The Morgan fingerprint density at radius 1 is 0.906 bits per heavy atom. The Hall–Kier alpha value is -4.26. The molecule has 2 heterocycles. The Morgan fingerprint density at radius 2 is 1.69 bits per heavy atom. The average molecular weight is 427 g/mol. The number of anilines is 1. The molecule has 0 radical (unpaired) electrons. The zero-order valence-corrected chi connectivity index (χ0v) is 17.1. The lowest BCUT2D eigenvalue weighted by Gasteiger charge is -2.26. The summed E-state index contributed by atoms with van der Waals surface area (Å²) in [5.74, 6) is -2.19. The number of urea groups is 1. The van der Waals surface area contributed by atoms with E-state index in [4.69, 9.17) is 0 Å². The maximum atomic E-state index is 13.7. The lowest BCUT2D eigenvalue weighted by Crippen LogP contribution is -2.54. The molecule has 5 rings (SSSR count). The number of hydrogen-bond acceptors (Lipinski definition) is 3. The SMILES string of the molecule is CCn1c2ccccc2c2cc(/C=C3\C(=O)NC(=O)N(c4cccc(F)c4)C3=O)ccc21. The van der Waals surface area contributed by atoms with Gasteiger partial charge in [0.05, 0.1) is 5.69 Å². The van der Waals surface area contributed by atoms with Crippen molar-refractivity contribution in [3.05, 3.63) is 83.7 Å². The molecule has 1 fully saturated rings. The number of carbonyl (C=O) groups excluding carboxylic acids is 3. The Kier molecular flexibility index (Phi) is 4.59. The molecule has 3 aromatic carbocycles. The van der Waals surface area contributed by atoms with Crippen LogP contribution in [0, 0.1) is 5.82 Å². The average Bonchev–Trinajstić information content (AvgIpc) is 3.09. The van der Waals surface area contributed by atoms with E-state index in [1.165, 1.54) is 24.3 Å². The molecule has 6 nitrogen and oxygen atoms in total. The van der Waals surface area contributed by atoms with Crippen molar-refractivity contribution in [1.82, 2.24) is 9.88 Å². The molecule has 1 N–H and O–H groups in total.